The Morgan fingerprint density at radius 1 is 1.00 bits per heavy atom. The van der Waals surface area contributed by atoms with E-state index < -0.39 is 0 Å². The molecule has 0 bridgehead atoms. The van der Waals surface area contributed by atoms with E-state index in [4.69, 9.17) is 0 Å². The molecule has 2 aromatic carbocycles. The SMILES string of the molecule is O=C(Nc1cccc2ccccc12)N(CCBr)CCBr. The van der Waals surface area contributed by atoms with Gasteiger partial charge in [0.05, 0.1) is 5.69 Å². The average molecular weight is 400 g/mol. The van der Waals surface area contributed by atoms with Gasteiger partial charge in [-0.2, -0.15) is 0 Å². The topological polar surface area (TPSA) is 32.3 Å². The highest BCUT2D eigenvalue weighted by Gasteiger charge is 2.13. The van der Waals surface area contributed by atoms with E-state index in [1.165, 1.54) is 0 Å². The molecule has 1 N–H and O–H groups in total. The van der Waals surface area contributed by atoms with Crippen LogP contribution in [0.15, 0.2) is 42.5 Å². The third-order valence-electron chi connectivity index (χ3n) is 3.03. The fraction of sp³-hybridized carbons (Fsp3) is 0.267. The van der Waals surface area contributed by atoms with Crippen LogP contribution in [-0.2, 0) is 0 Å². The van der Waals surface area contributed by atoms with Gasteiger partial charge < -0.3 is 10.2 Å². The first-order chi connectivity index (χ1) is 9.76. The number of halogens is 2. The molecule has 0 saturated heterocycles. The second-order valence-corrected chi connectivity index (χ2v) is 5.91. The summed E-state index contributed by atoms with van der Waals surface area (Å²) in [7, 11) is 0. The highest BCUT2D eigenvalue weighted by Crippen LogP contribution is 2.23. The van der Waals surface area contributed by atoms with E-state index in [-0.39, 0.29) is 6.03 Å². The predicted molar refractivity (Wildman–Crippen MR) is 92.1 cm³/mol. The van der Waals surface area contributed by atoms with Crippen molar-refractivity contribution >= 4 is 54.4 Å². The Morgan fingerprint density at radius 3 is 2.35 bits per heavy atom. The number of fused-ring (bicyclic) bond motifs is 1. The summed E-state index contributed by atoms with van der Waals surface area (Å²) in [6, 6.07) is 13.9. The lowest BCUT2D eigenvalue weighted by atomic mass is 10.1. The van der Waals surface area contributed by atoms with E-state index in [1.807, 2.05) is 42.5 Å². The Balaban J connectivity index is 2.20. The van der Waals surface area contributed by atoms with Crippen molar-refractivity contribution in [2.45, 2.75) is 0 Å². The molecule has 2 amide bonds. The molecule has 0 heterocycles. The summed E-state index contributed by atoms with van der Waals surface area (Å²) < 4.78 is 0. The molecule has 20 heavy (non-hydrogen) atoms. The number of carbonyl (C=O) groups is 1. The van der Waals surface area contributed by atoms with Crippen LogP contribution in [0, 0.1) is 0 Å². The number of amides is 2. The van der Waals surface area contributed by atoms with Crippen LogP contribution in [0.3, 0.4) is 0 Å². The Hall–Kier alpha value is -1.07. The summed E-state index contributed by atoms with van der Waals surface area (Å²) in [5, 5.41) is 6.71. The third kappa shape index (κ3) is 3.73. The maximum atomic E-state index is 12.3. The Bertz CT molecular complexity index is 578. The zero-order chi connectivity index (χ0) is 14.4. The summed E-state index contributed by atoms with van der Waals surface area (Å²) in [4.78, 5) is 14.1. The largest absolute Gasteiger partial charge is 0.323 e. The van der Waals surface area contributed by atoms with Gasteiger partial charge >= 0.3 is 6.03 Å². The Labute approximate surface area is 135 Å². The molecule has 0 atom stereocenters. The molecule has 5 heteroatoms. The zero-order valence-corrected chi connectivity index (χ0v) is 14.2. The predicted octanol–water partition coefficient (Wildman–Crippen LogP) is 4.46. The molecule has 0 radical (unpaired) electrons. The maximum absolute atomic E-state index is 12.3. The maximum Gasteiger partial charge on any atom is 0.321 e. The van der Waals surface area contributed by atoms with E-state index in [1.54, 1.807) is 4.90 Å². The van der Waals surface area contributed by atoms with Gasteiger partial charge in [-0.05, 0) is 11.5 Å². The Kier molecular flexibility index (Phi) is 5.86. The lowest BCUT2D eigenvalue weighted by molar-refractivity contribution is 0.218. The van der Waals surface area contributed by atoms with Crippen LogP contribution >= 0.6 is 31.9 Å². The number of hydrogen-bond acceptors (Lipinski definition) is 1. The van der Waals surface area contributed by atoms with Crippen molar-refractivity contribution in [3.05, 3.63) is 42.5 Å². The first-order valence-electron chi connectivity index (χ1n) is 6.42. The molecular weight excluding hydrogens is 384 g/mol. The fourth-order valence-corrected chi connectivity index (χ4v) is 2.90. The monoisotopic (exact) mass is 398 g/mol. The van der Waals surface area contributed by atoms with Gasteiger partial charge in [-0.1, -0.05) is 68.3 Å². The van der Waals surface area contributed by atoms with Crippen molar-refractivity contribution in [1.29, 1.82) is 0 Å². The highest BCUT2D eigenvalue weighted by molar-refractivity contribution is 9.09. The van der Waals surface area contributed by atoms with E-state index in [0.717, 1.165) is 27.1 Å². The standard InChI is InChI=1S/C15H16Br2N2O/c16-8-10-19(11-9-17)15(20)18-14-7-3-5-12-4-1-2-6-13(12)14/h1-7H,8-11H2,(H,18,20). The first kappa shape index (κ1) is 15.3. The van der Waals surface area contributed by atoms with Crippen LogP contribution in [0.5, 0.6) is 0 Å². The van der Waals surface area contributed by atoms with Crippen molar-refractivity contribution in [2.24, 2.45) is 0 Å². The molecule has 0 aliphatic rings. The summed E-state index contributed by atoms with van der Waals surface area (Å²) >= 11 is 6.75. The second kappa shape index (κ2) is 7.64. The first-order valence-corrected chi connectivity index (χ1v) is 8.66. The lowest BCUT2D eigenvalue weighted by Gasteiger charge is -2.21. The van der Waals surface area contributed by atoms with Gasteiger partial charge in [0.2, 0.25) is 0 Å². The molecule has 0 aliphatic carbocycles. The molecule has 3 nitrogen and oxygen atoms in total. The number of nitrogens with one attached hydrogen (secondary N) is 1. The van der Waals surface area contributed by atoms with Gasteiger partial charge in [0.1, 0.15) is 0 Å². The highest BCUT2D eigenvalue weighted by atomic mass is 79.9. The Morgan fingerprint density at radius 2 is 1.65 bits per heavy atom. The second-order valence-electron chi connectivity index (χ2n) is 4.32. The van der Waals surface area contributed by atoms with Crippen molar-refractivity contribution in [2.75, 3.05) is 29.1 Å². The molecule has 2 rings (SSSR count). The summed E-state index contributed by atoms with van der Waals surface area (Å²) in [5.74, 6) is 0. The minimum atomic E-state index is -0.0692. The minimum absolute atomic E-state index is 0.0692. The number of rotatable bonds is 5. The number of nitrogens with zero attached hydrogens (tertiary/aromatic N) is 1. The molecule has 0 saturated carbocycles. The average Bonchev–Trinajstić information content (AvgIpc) is 2.47. The number of urea groups is 1. The van der Waals surface area contributed by atoms with Crippen LogP contribution in [-0.4, -0.2) is 34.7 Å². The van der Waals surface area contributed by atoms with Crippen molar-refractivity contribution in [3.8, 4) is 0 Å². The van der Waals surface area contributed by atoms with Gasteiger partial charge in [-0.15, -0.1) is 0 Å². The number of anilines is 1. The van der Waals surface area contributed by atoms with Crippen LogP contribution in [0.25, 0.3) is 10.8 Å². The van der Waals surface area contributed by atoms with Crippen LogP contribution in [0.2, 0.25) is 0 Å². The van der Waals surface area contributed by atoms with Gasteiger partial charge in [-0.3, -0.25) is 0 Å². The summed E-state index contributed by atoms with van der Waals surface area (Å²) in [6.07, 6.45) is 0. The minimum Gasteiger partial charge on any atom is -0.323 e. The zero-order valence-electron chi connectivity index (χ0n) is 11.0. The van der Waals surface area contributed by atoms with Crippen LogP contribution in [0.1, 0.15) is 0 Å². The number of benzene rings is 2. The fourth-order valence-electron chi connectivity index (χ4n) is 2.05. The molecule has 0 unspecified atom stereocenters. The number of alkyl halides is 2. The molecule has 2 aromatic rings. The third-order valence-corrected chi connectivity index (χ3v) is 3.74. The van der Waals surface area contributed by atoms with E-state index in [2.05, 4.69) is 37.2 Å². The van der Waals surface area contributed by atoms with E-state index in [9.17, 15) is 4.79 Å². The molecule has 0 aliphatic heterocycles. The summed E-state index contributed by atoms with van der Waals surface area (Å²) in [5.41, 5.74) is 0.849. The van der Waals surface area contributed by atoms with Crippen molar-refractivity contribution in [1.82, 2.24) is 4.90 Å². The summed E-state index contributed by atoms with van der Waals surface area (Å²) in [6.45, 7) is 1.37. The normalized spacial score (nSPS) is 10.5. The number of carbonyl (C=O) groups excluding carboxylic acids is 1. The van der Waals surface area contributed by atoms with Crippen LogP contribution < -0.4 is 5.32 Å². The smallest absolute Gasteiger partial charge is 0.321 e. The lowest BCUT2D eigenvalue weighted by Crippen LogP contribution is -2.37. The molecule has 106 valence electrons. The number of hydrogen-bond donors (Lipinski definition) is 1. The molecule has 0 spiro atoms. The molecule has 0 aromatic heterocycles. The van der Waals surface area contributed by atoms with Gasteiger partial charge in [0.25, 0.3) is 0 Å². The van der Waals surface area contributed by atoms with Crippen LogP contribution in [0.4, 0.5) is 10.5 Å². The molecular formula is C15H16Br2N2O. The van der Waals surface area contributed by atoms with Gasteiger partial charge in [0, 0.05) is 29.1 Å². The quantitative estimate of drug-likeness (QED) is 0.739. The molecule has 0 fully saturated rings. The van der Waals surface area contributed by atoms with Crippen molar-refractivity contribution in [3.63, 3.8) is 0 Å². The van der Waals surface area contributed by atoms with Gasteiger partial charge in [0.15, 0.2) is 0 Å². The van der Waals surface area contributed by atoms with Gasteiger partial charge in [-0.25, -0.2) is 4.79 Å². The van der Waals surface area contributed by atoms with E-state index >= 15 is 0 Å². The van der Waals surface area contributed by atoms with E-state index in [0.29, 0.717) is 13.1 Å². The van der Waals surface area contributed by atoms with Crippen molar-refractivity contribution < 1.29 is 4.79 Å².